The molecule has 7 heteroatoms. The van der Waals surface area contributed by atoms with Gasteiger partial charge in [0.05, 0.1) is 41.1 Å². The van der Waals surface area contributed by atoms with Gasteiger partial charge in [-0.1, -0.05) is 18.2 Å². The number of ether oxygens (including phenoxy) is 5. The Labute approximate surface area is 158 Å². The first-order valence-electron chi connectivity index (χ1n) is 8.18. The first-order chi connectivity index (χ1) is 13.0. The van der Waals surface area contributed by atoms with Crippen molar-refractivity contribution in [2.45, 2.75) is 13.0 Å². The molecule has 0 aliphatic carbocycles. The number of carbonyl (C=O) groups excluding carboxylic acids is 1. The maximum absolute atomic E-state index is 12.1. The maximum Gasteiger partial charge on any atom is 0.338 e. The van der Waals surface area contributed by atoms with E-state index < -0.39 is 12.1 Å². The highest BCUT2D eigenvalue weighted by Crippen LogP contribution is 2.52. The number of carbonyl (C=O) groups is 1. The molecule has 146 valence electrons. The molecule has 7 nitrogen and oxygen atoms in total. The van der Waals surface area contributed by atoms with Crippen LogP contribution in [0.3, 0.4) is 0 Å². The molecule has 27 heavy (non-hydrogen) atoms. The number of hydrogen-bond acceptors (Lipinski definition) is 7. The molecule has 1 N–H and O–H groups in total. The second kappa shape index (κ2) is 8.64. The third kappa shape index (κ3) is 3.50. The van der Waals surface area contributed by atoms with E-state index in [4.69, 9.17) is 23.7 Å². The van der Waals surface area contributed by atoms with E-state index in [0.717, 1.165) is 0 Å². The lowest BCUT2D eigenvalue weighted by atomic mass is 9.92. The molecule has 0 fully saturated rings. The van der Waals surface area contributed by atoms with Crippen molar-refractivity contribution in [2.75, 3.05) is 35.5 Å². The predicted molar refractivity (Wildman–Crippen MR) is 99.2 cm³/mol. The molecule has 2 aromatic carbocycles. The lowest BCUT2D eigenvalue weighted by Gasteiger charge is -2.25. The zero-order chi connectivity index (χ0) is 20.1. The van der Waals surface area contributed by atoms with Gasteiger partial charge in [0.1, 0.15) is 6.10 Å². The Morgan fingerprint density at radius 2 is 1.37 bits per heavy atom. The number of aliphatic hydroxyl groups is 1. The fraction of sp³-hybridized carbons (Fsp3) is 0.350. The van der Waals surface area contributed by atoms with Crippen LogP contribution in [0.15, 0.2) is 24.3 Å². The lowest BCUT2D eigenvalue weighted by Crippen LogP contribution is -2.13. The number of rotatable bonds is 7. The molecular weight excluding hydrogens is 352 g/mol. The summed E-state index contributed by atoms with van der Waals surface area (Å²) in [6.45, 7) is 1.77. The number of benzene rings is 2. The van der Waals surface area contributed by atoms with Crippen molar-refractivity contribution in [1.29, 1.82) is 0 Å². The van der Waals surface area contributed by atoms with Crippen molar-refractivity contribution < 1.29 is 33.6 Å². The Morgan fingerprint density at radius 1 is 0.852 bits per heavy atom. The standard InChI is InChI=1S/C20H24O7/c1-11-14(15(21)12-9-7-8-10-13(12)20(22)27-6)17(24-3)19(26-5)18(25-4)16(11)23-2/h7-10,15,21H,1-6H3. The van der Waals surface area contributed by atoms with Gasteiger partial charge in [-0.25, -0.2) is 4.79 Å². The maximum atomic E-state index is 12.1. The van der Waals surface area contributed by atoms with Gasteiger partial charge in [-0.05, 0) is 18.6 Å². The minimum absolute atomic E-state index is 0.253. The van der Waals surface area contributed by atoms with Crippen molar-refractivity contribution in [3.05, 3.63) is 46.5 Å². The second-order valence-electron chi connectivity index (χ2n) is 5.65. The third-order valence-electron chi connectivity index (χ3n) is 4.36. The summed E-state index contributed by atoms with van der Waals surface area (Å²) in [5, 5.41) is 11.2. The lowest BCUT2D eigenvalue weighted by molar-refractivity contribution is 0.0595. The van der Waals surface area contributed by atoms with Crippen LogP contribution >= 0.6 is 0 Å². The second-order valence-corrected chi connectivity index (χ2v) is 5.65. The molecule has 0 radical (unpaired) electrons. The van der Waals surface area contributed by atoms with E-state index in [9.17, 15) is 9.90 Å². The molecule has 2 rings (SSSR count). The Bertz CT molecular complexity index is 830. The molecule has 0 spiro atoms. The van der Waals surface area contributed by atoms with Crippen LogP contribution in [-0.4, -0.2) is 46.6 Å². The molecule has 0 bridgehead atoms. The number of esters is 1. The first kappa shape index (κ1) is 20.4. The molecule has 0 saturated heterocycles. The minimum Gasteiger partial charge on any atom is -0.492 e. The molecule has 0 aromatic heterocycles. The molecule has 0 aliphatic rings. The average Bonchev–Trinajstić information content (AvgIpc) is 2.71. The van der Waals surface area contributed by atoms with E-state index in [1.807, 2.05) is 0 Å². The molecule has 1 atom stereocenters. The number of hydrogen-bond donors (Lipinski definition) is 1. The van der Waals surface area contributed by atoms with E-state index in [1.54, 1.807) is 31.2 Å². The quantitative estimate of drug-likeness (QED) is 0.744. The smallest absolute Gasteiger partial charge is 0.338 e. The summed E-state index contributed by atoms with van der Waals surface area (Å²) in [6, 6.07) is 6.66. The van der Waals surface area contributed by atoms with Crippen LogP contribution in [0.5, 0.6) is 23.0 Å². The summed E-state index contributed by atoms with van der Waals surface area (Å²) in [5.41, 5.74) is 1.63. The van der Waals surface area contributed by atoms with Crippen LogP contribution in [0.1, 0.15) is 33.2 Å². The first-order valence-corrected chi connectivity index (χ1v) is 8.18. The molecule has 1 unspecified atom stereocenters. The van der Waals surface area contributed by atoms with Crippen molar-refractivity contribution in [3.8, 4) is 23.0 Å². The Balaban J connectivity index is 2.81. The molecule has 0 aliphatic heterocycles. The largest absolute Gasteiger partial charge is 0.492 e. The van der Waals surface area contributed by atoms with Gasteiger partial charge in [-0.2, -0.15) is 0 Å². The summed E-state index contributed by atoms with van der Waals surface area (Å²) < 4.78 is 26.7. The van der Waals surface area contributed by atoms with Crippen molar-refractivity contribution >= 4 is 5.97 Å². The molecular formula is C20H24O7. The van der Waals surface area contributed by atoms with Gasteiger partial charge in [0.25, 0.3) is 0 Å². The highest BCUT2D eigenvalue weighted by atomic mass is 16.5. The minimum atomic E-state index is -1.19. The Morgan fingerprint density at radius 3 is 1.89 bits per heavy atom. The monoisotopic (exact) mass is 376 g/mol. The van der Waals surface area contributed by atoms with Crippen molar-refractivity contribution in [2.24, 2.45) is 0 Å². The number of methoxy groups -OCH3 is 5. The van der Waals surface area contributed by atoms with Gasteiger partial charge < -0.3 is 28.8 Å². The molecule has 0 amide bonds. The van der Waals surface area contributed by atoms with E-state index in [0.29, 0.717) is 33.9 Å². The topological polar surface area (TPSA) is 83.5 Å². The van der Waals surface area contributed by atoms with Gasteiger partial charge in [0, 0.05) is 11.1 Å². The van der Waals surface area contributed by atoms with E-state index >= 15 is 0 Å². The zero-order valence-electron chi connectivity index (χ0n) is 16.3. The summed E-state index contributed by atoms with van der Waals surface area (Å²) in [5.74, 6) is 0.784. The van der Waals surface area contributed by atoms with Crippen LogP contribution in [0, 0.1) is 6.92 Å². The molecule has 0 saturated carbocycles. The summed E-state index contributed by atoms with van der Waals surface area (Å²) in [7, 11) is 7.20. The summed E-state index contributed by atoms with van der Waals surface area (Å²) >= 11 is 0. The van der Waals surface area contributed by atoms with Gasteiger partial charge in [-0.3, -0.25) is 0 Å². The van der Waals surface area contributed by atoms with E-state index in [1.165, 1.54) is 35.5 Å². The SMILES string of the molecule is COC(=O)c1ccccc1C(O)c1c(C)c(OC)c(OC)c(OC)c1OC. The van der Waals surface area contributed by atoms with Crippen LogP contribution in [-0.2, 0) is 4.74 Å². The summed E-state index contributed by atoms with van der Waals surface area (Å²) in [4.78, 5) is 12.1. The highest BCUT2D eigenvalue weighted by molar-refractivity contribution is 5.91. The van der Waals surface area contributed by atoms with Crippen LogP contribution in [0.2, 0.25) is 0 Å². The molecule has 2 aromatic rings. The number of aliphatic hydroxyl groups excluding tert-OH is 1. The predicted octanol–water partition coefficient (Wildman–Crippen LogP) is 2.90. The zero-order valence-corrected chi connectivity index (χ0v) is 16.3. The van der Waals surface area contributed by atoms with Crippen LogP contribution in [0.25, 0.3) is 0 Å². The van der Waals surface area contributed by atoms with Crippen LogP contribution in [0.4, 0.5) is 0 Å². The van der Waals surface area contributed by atoms with Crippen molar-refractivity contribution in [3.63, 3.8) is 0 Å². The van der Waals surface area contributed by atoms with Gasteiger partial charge in [0.2, 0.25) is 11.5 Å². The normalized spacial score (nSPS) is 11.5. The average molecular weight is 376 g/mol. The van der Waals surface area contributed by atoms with E-state index in [-0.39, 0.29) is 11.3 Å². The Hall–Kier alpha value is -2.93. The van der Waals surface area contributed by atoms with Gasteiger partial charge in [0.15, 0.2) is 11.5 Å². The third-order valence-corrected chi connectivity index (χ3v) is 4.36. The van der Waals surface area contributed by atoms with Crippen LogP contribution < -0.4 is 18.9 Å². The fourth-order valence-corrected chi connectivity index (χ4v) is 3.13. The molecule has 0 heterocycles. The highest BCUT2D eigenvalue weighted by Gasteiger charge is 2.31. The van der Waals surface area contributed by atoms with Gasteiger partial charge in [-0.15, -0.1) is 0 Å². The van der Waals surface area contributed by atoms with E-state index in [2.05, 4.69) is 0 Å². The summed E-state index contributed by atoms with van der Waals surface area (Å²) in [6.07, 6.45) is -1.19. The fourth-order valence-electron chi connectivity index (χ4n) is 3.13. The van der Waals surface area contributed by atoms with Crippen molar-refractivity contribution in [1.82, 2.24) is 0 Å². The Kier molecular flexibility index (Phi) is 6.52. The van der Waals surface area contributed by atoms with Gasteiger partial charge >= 0.3 is 5.97 Å².